The number of benzene rings is 1. The minimum atomic E-state index is -4.44. The quantitative estimate of drug-likeness (QED) is 0.868. The molecule has 1 amide bonds. The van der Waals surface area contributed by atoms with Gasteiger partial charge in [-0.3, -0.25) is 9.48 Å². The summed E-state index contributed by atoms with van der Waals surface area (Å²) in [6, 6.07) is 3.89. The molecule has 0 unspecified atom stereocenters. The molecule has 27 heavy (non-hydrogen) atoms. The summed E-state index contributed by atoms with van der Waals surface area (Å²) in [7, 11) is 0. The summed E-state index contributed by atoms with van der Waals surface area (Å²) < 4.78 is 41.1. The van der Waals surface area contributed by atoms with E-state index in [0.717, 1.165) is 29.5 Å². The molecule has 0 atom stereocenters. The van der Waals surface area contributed by atoms with Gasteiger partial charge >= 0.3 is 6.18 Å². The molecule has 1 N–H and O–H groups in total. The van der Waals surface area contributed by atoms with Gasteiger partial charge in [0, 0.05) is 23.4 Å². The van der Waals surface area contributed by atoms with E-state index in [1.807, 2.05) is 32.9 Å². The van der Waals surface area contributed by atoms with Crippen molar-refractivity contribution in [2.24, 2.45) is 0 Å². The zero-order valence-electron chi connectivity index (χ0n) is 15.8. The third kappa shape index (κ3) is 4.01. The van der Waals surface area contributed by atoms with E-state index in [9.17, 15) is 18.0 Å². The van der Waals surface area contributed by atoms with Crippen molar-refractivity contribution in [3.63, 3.8) is 0 Å². The van der Waals surface area contributed by atoms with E-state index in [1.165, 1.54) is 4.68 Å². The topological polar surface area (TPSA) is 46.9 Å². The minimum Gasteiger partial charge on any atom is -0.350 e. The third-order valence-corrected chi connectivity index (χ3v) is 5.04. The first-order valence-electron chi connectivity index (χ1n) is 9.20. The average molecular weight is 379 g/mol. The molecule has 0 spiro atoms. The Balaban J connectivity index is 1.73. The van der Waals surface area contributed by atoms with Crippen LogP contribution in [0.5, 0.6) is 0 Å². The third-order valence-electron chi connectivity index (χ3n) is 5.04. The highest BCUT2D eigenvalue weighted by Crippen LogP contribution is 2.35. The summed E-state index contributed by atoms with van der Waals surface area (Å²) in [6.07, 6.45) is -1.80. The Morgan fingerprint density at radius 3 is 2.41 bits per heavy atom. The first kappa shape index (κ1) is 19.5. The fourth-order valence-electron chi connectivity index (χ4n) is 3.99. The van der Waals surface area contributed by atoms with E-state index in [2.05, 4.69) is 10.4 Å². The first-order valence-corrected chi connectivity index (χ1v) is 9.20. The van der Waals surface area contributed by atoms with Crippen LogP contribution in [0.1, 0.15) is 56.8 Å². The molecule has 3 rings (SSSR count). The number of rotatable bonds is 4. The van der Waals surface area contributed by atoms with Gasteiger partial charge in [0.2, 0.25) is 0 Å². The monoisotopic (exact) mass is 379 g/mol. The van der Waals surface area contributed by atoms with Crippen molar-refractivity contribution in [3.8, 4) is 0 Å². The van der Waals surface area contributed by atoms with Gasteiger partial charge in [0.1, 0.15) is 0 Å². The van der Waals surface area contributed by atoms with Gasteiger partial charge < -0.3 is 5.32 Å². The second-order valence-electron chi connectivity index (χ2n) is 7.23. The number of aryl methyl sites for hydroxylation is 3. The van der Waals surface area contributed by atoms with E-state index < -0.39 is 11.9 Å². The summed E-state index contributed by atoms with van der Waals surface area (Å²) in [5.74, 6) is -0.206. The molecular formula is C20H24F3N3O. The molecule has 1 aliphatic carbocycles. The lowest BCUT2D eigenvalue weighted by Crippen LogP contribution is -2.29. The molecule has 0 saturated carbocycles. The highest BCUT2D eigenvalue weighted by molar-refractivity contribution is 5.97. The molecule has 0 fully saturated rings. The molecule has 0 bridgehead atoms. The van der Waals surface area contributed by atoms with E-state index >= 15 is 0 Å². The molecule has 1 aromatic heterocycles. The Bertz CT molecular complexity index is 845. The number of carbonyl (C=O) groups excluding carboxylic acids is 1. The van der Waals surface area contributed by atoms with Gasteiger partial charge in [0.05, 0.1) is 6.54 Å². The van der Waals surface area contributed by atoms with Gasteiger partial charge in [-0.2, -0.15) is 18.3 Å². The lowest BCUT2D eigenvalue weighted by atomic mass is 9.95. The number of hydrogen-bond acceptors (Lipinski definition) is 2. The van der Waals surface area contributed by atoms with Crippen molar-refractivity contribution in [3.05, 3.63) is 51.3 Å². The normalized spacial score (nSPS) is 14.1. The lowest BCUT2D eigenvalue weighted by molar-refractivity contribution is -0.142. The van der Waals surface area contributed by atoms with Crippen LogP contribution in [0.15, 0.2) is 12.1 Å². The maximum atomic E-state index is 13.2. The molecule has 1 heterocycles. The maximum absolute atomic E-state index is 13.2. The molecule has 0 radical (unpaired) electrons. The average Bonchev–Trinajstić information content (AvgIpc) is 2.93. The van der Waals surface area contributed by atoms with Gasteiger partial charge in [0.15, 0.2) is 5.69 Å². The molecular weight excluding hydrogens is 355 g/mol. The number of carbonyl (C=O) groups is 1. The zero-order valence-corrected chi connectivity index (χ0v) is 15.8. The Hall–Kier alpha value is -2.31. The molecule has 1 aromatic carbocycles. The Morgan fingerprint density at radius 1 is 1.15 bits per heavy atom. The molecule has 0 saturated heterocycles. The number of hydrogen-bond donors (Lipinski definition) is 1. The summed E-state index contributed by atoms with van der Waals surface area (Å²) in [5, 5.41) is 6.64. The van der Waals surface area contributed by atoms with Gasteiger partial charge in [0.25, 0.3) is 5.91 Å². The van der Waals surface area contributed by atoms with E-state index in [1.54, 1.807) is 0 Å². The van der Waals surface area contributed by atoms with Crippen LogP contribution in [0, 0.1) is 20.8 Å². The summed E-state index contributed by atoms with van der Waals surface area (Å²) in [6.45, 7) is 6.20. The van der Waals surface area contributed by atoms with Crippen LogP contribution < -0.4 is 5.32 Å². The SMILES string of the molecule is Cc1cc(C)c(C(=O)NCCn2nc(C(F)(F)F)c3c2CCCC3)c(C)c1. The summed E-state index contributed by atoms with van der Waals surface area (Å²) in [4.78, 5) is 12.5. The fourth-order valence-corrected chi connectivity index (χ4v) is 3.99. The van der Waals surface area contributed by atoms with Crippen molar-refractivity contribution in [2.45, 2.75) is 59.2 Å². The standard InChI is InChI=1S/C20H24F3N3O/c1-12-10-13(2)17(14(3)11-12)19(27)24-8-9-26-16-7-5-4-6-15(16)18(25-26)20(21,22)23/h10-11H,4-9H2,1-3H3,(H,24,27). The smallest absolute Gasteiger partial charge is 0.350 e. The van der Waals surface area contributed by atoms with E-state index in [4.69, 9.17) is 0 Å². The lowest BCUT2D eigenvalue weighted by Gasteiger charge is -2.15. The Kier molecular flexibility index (Phi) is 5.31. The molecule has 1 aliphatic rings. The Labute approximate surface area is 156 Å². The Morgan fingerprint density at radius 2 is 1.78 bits per heavy atom. The van der Waals surface area contributed by atoms with Crippen LogP contribution in [-0.4, -0.2) is 22.2 Å². The van der Waals surface area contributed by atoms with Crippen molar-refractivity contribution in [1.29, 1.82) is 0 Å². The predicted molar refractivity (Wildman–Crippen MR) is 96.9 cm³/mol. The van der Waals surface area contributed by atoms with Crippen molar-refractivity contribution < 1.29 is 18.0 Å². The molecule has 2 aromatic rings. The second kappa shape index (κ2) is 7.37. The van der Waals surface area contributed by atoms with Crippen molar-refractivity contribution in [1.82, 2.24) is 15.1 Å². The number of nitrogens with zero attached hydrogens (tertiary/aromatic N) is 2. The predicted octanol–water partition coefficient (Wildman–Crippen LogP) is 4.14. The number of nitrogens with one attached hydrogen (secondary N) is 1. The minimum absolute atomic E-state index is 0.206. The van der Waals surface area contributed by atoms with Crippen LogP contribution in [0.4, 0.5) is 13.2 Å². The maximum Gasteiger partial charge on any atom is 0.435 e. The number of halogens is 3. The van der Waals surface area contributed by atoms with E-state index in [-0.39, 0.29) is 19.0 Å². The highest BCUT2D eigenvalue weighted by atomic mass is 19.4. The van der Waals surface area contributed by atoms with Gasteiger partial charge in [-0.1, -0.05) is 17.7 Å². The van der Waals surface area contributed by atoms with Crippen LogP contribution in [0.2, 0.25) is 0 Å². The van der Waals surface area contributed by atoms with Gasteiger partial charge in [-0.15, -0.1) is 0 Å². The van der Waals surface area contributed by atoms with Crippen molar-refractivity contribution >= 4 is 5.91 Å². The molecule has 146 valence electrons. The number of amides is 1. The van der Waals surface area contributed by atoms with Gasteiger partial charge in [-0.05, 0) is 57.6 Å². The summed E-state index contributed by atoms with van der Waals surface area (Å²) in [5.41, 5.74) is 3.70. The molecule has 4 nitrogen and oxygen atoms in total. The largest absolute Gasteiger partial charge is 0.435 e. The van der Waals surface area contributed by atoms with Crippen molar-refractivity contribution in [2.75, 3.05) is 6.54 Å². The van der Waals surface area contributed by atoms with Crippen LogP contribution in [0.3, 0.4) is 0 Å². The second-order valence-corrected chi connectivity index (χ2v) is 7.23. The zero-order chi connectivity index (χ0) is 19.8. The highest BCUT2D eigenvalue weighted by Gasteiger charge is 2.39. The number of fused-ring (bicyclic) bond motifs is 1. The summed E-state index contributed by atoms with van der Waals surface area (Å²) >= 11 is 0. The number of aromatic nitrogens is 2. The molecule has 7 heteroatoms. The first-order chi connectivity index (χ1) is 12.7. The fraction of sp³-hybridized carbons (Fsp3) is 0.500. The van der Waals surface area contributed by atoms with E-state index in [0.29, 0.717) is 29.7 Å². The number of alkyl halides is 3. The van der Waals surface area contributed by atoms with Gasteiger partial charge in [-0.25, -0.2) is 0 Å². The van der Waals surface area contributed by atoms with Crippen LogP contribution >= 0.6 is 0 Å². The molecule has 0 aliphatic heterocycles. The van der Waals surface area contributed by atoms with Crippen LogP contribution in [-0.2, 0) is 25.6 Å². The van der Waals surface area contributed by atoms with Crippen LogP contribution in [0.25, 0.3) is 0 Å².